The van der Waals surface area contributed by atoms with Crippen LogP contribution in [-0.4, -0.2) is 11.4 Å². The molecule has 2 rings (SSSR count). The van der Waals surface area contributed by atoms with Crippen molar-refractivity contribution in [2.45, 2.75) is 57.5 Å². The molecule has 0 unspecified atom stereocenters. The molecule has 0 saturated heterocycles. The summed E-state index contributed by atoms with van der Waals surface area (Å²) in [6, 6.07) is 8.23. The minimum atomic E-state index is -0.268. The maximum Gasteiger partial charge on any atom is 0.222 e. The average Bonchev–Trinajstić information content (AvgIpc) is 2.38. The summed E-state index contributed by atoms with van der Waals surface area (Å²) in [6.45, 7) is 2.65. The predicted octanol–water partition coefficient (Wildman–Crippen LogP) is 2.66. The van der Waals surface area contributed by atoms with Crippen LogP contribution in [0.3, 0.4) is 0 Å². The normalized spacial score (nSPS) is 18.0. The maximum absolute atomic E-state index is 12.0. The summed E-state index contributed by atoms with van der Waals surface area (Å²) in [4.78, 5) is 12.0. The third-order valence-electron chi connectivity index (χ3n) is 3.97. The molecule has 1 saturated carbocycles. The molecule has 0 radical (unpaired) electrons. The van der Waals surface area contributed by atoms with Crippen molar-refractivity contribution in [1.82, 2.24) is 5.32 Å². The number of rotatable bonds is 4. The molecule has 0 bridgehead atoms. The predicted molar refractivity (Wildman–Crippen MR) is 77.6 cm³/mol. The summed E-state index contributed by atoms with van der Waals surface area (Å²) in [6.07, 6.45) is 5.97. The summed E-state index contributed by atoms with van der Waals surface area (Å²) >= 11 is 0. The van der Waals surface area contributed by atoms with Crippen LogP contribution in [-0.2, 0) is 11.3 Å². The van der Waals surface area contributed by atoms with Gasteiger partial charge in [0, 0.05) is 18.5 Å². The number of nitrogens with one attached hydrogen (secondary N) is 1. The first-order valence-electron chi connectivity index (χ1n) is 7.19. The number of benzene rings is 1. The van der Waals surface area contributed by atoms with Crippen molar-refractivity contribution in [2.75, 3.05) is 0 Å². The molecule has 1 aliphatic carbocycles. The highest BCUT2D eigenvalue weighted by atomic mass is 16.1. The zero-order valence-corrected chi connectivity index (χ0v) is 11.7. The molecule has 3 nitrogen and oxygen atoms in total. The van der Waals surface area contributed by atoms with Crippen molar-refractivity contribution in [2.24, 2.45) is 5.73 Å². The number of amides is 1. The van der Waals surface area contributed by atoms with Gasteiger partial charge >= 0.3 is 0 Å². The number of nitrogens with two attached hydrogens (primary N) is 1. The second kappa shape index (κ2) is 6.20. The van der Waals surface area contributed by atoms with Gasteiger partial charge in [-0.3, -0.25) is 4.79 Å². The van der Waals surface area contributed by atoms with Crippen molar-refractivity contribution in [3.8, 4) is 0 Å². The molecule has 1 amide bonds. The molecular weight excluding hydrogens is 236 g/mol. The molecular formula is C16H24N2O. The Balaban J connectivity index is 1.79. The number of carbonyl (C=O) groups excluding carboxylic acids is 1. The van der Waals surface area contributed by atoms with Gasteiger partial charge in [-0.1, -0.05) is 49.1 Å². The number of hydrogen-bond donors (Lipinski definition) is 2. The molecule has 1 aliphatic rings. The van der Waals surface area contributed by atoms with Crippen LogP contribution in [0.25, 0.3) is 0 Å². The Kier molecular flexibility index (Phi) is 4.59. The van der Waals surface area contributed by atoms with E-state index in [9.17, 15) is 4.79 Å². The first-order chi connectivity index (χ1) is 9.07. The lowest BCUT2D eigenvalue weighted by atomic mass is 9.80. The molecule has 1 fully saturated rings. The minimum absolute atomic E-state index is 0.0741. The summed E-state index contributed by atoms with van der Waals surface area (Å²) in [5.41, 5.74) is 8.39. The van der Waals surface area contributed by atoms with Gasteiger partial charge in [0.2, 0.25) is 5.91 Å². The van der Waals surface area contributed by atoms with E-state index in [1.54, 1.807) is 0 Å². The van der Waals surface area contributed by atoms with E-state index in [0.717, 1.165) is 31.2 Å². The van der Waals surface area contributed by atoms with Crippen LogP contribution in [0.4, 0.5) is 0 Å². The fraction of sp³-hybridized carbons (Fsp3) is 0.562. The van der Waals surface area contributed by atoms with Crippen LogP contribution in [0, 0.1) is 6.92 Å². The second-order valence-corrected chi connectivity index (χ2v) is 5.86. The van der Waals surface area contributed by atoms with E-state index in [2.05, 4.69) is 36.5 Å². The Bertz CT molecular complexity index is 419. The van der Waals surface area contributed by atoms with E-state index in [1.807, 2.05) is 0 Å². The number of carbonyl (C=O) groups is 1. The van der Waals surface area contributed by atoms with E-state index in [0.29, 0.717) is 13.0 Å². The maximum atomic E-state index is 12.0. The van der Waals surface area contributed by atoms with E-state index in [1.165, 1.54) is 12.0 Å². The summed E-state index contributed by atoms with van der Waals surface area (Å²) in [5.74, 6) is 0.0741. The molecule has 0 spiro atoms. The standard InChI is InChI=1S/C16H24N2O/c1-13-5-7-14(8-6-13)12-18-15(19)11-16(17)9-3-2-4-10-16/h5-8H,2-4,9-12,17H2,1H3,(H,18,19). The highest BCUT2D eigenvalue weighted by molar-refractivity contribution is 5.77. The van der Waals surface area contributed by atoms with E-state index in [-0.39, 0.29) is 11.4 Å². The van der Waals surface area contributed by atoms with E-state index < -0.39 is 0 Å². The van der Waals surface area contributed by atoms with Crippen molar-refractivity contribution < 1.29 is 4.79 Å². The summed E-state index contributed by atoms with van der Waals surface area (Å²) in [5, 5.41) is 2.97. The lowest BCUT2D eigenvalue weighted by Gasteiger charge is -2.32. The molecule has 104 valence electrons. The van der Waals surface area contributed by atoms with Crippen LogP contribution < -0.4 is 11.1 Å². The first-order valence-corrected chi connectivity index (χ1v) is 7.19. The van der Waals surface area contributed by atoms with Gasteiger partial charge in [-0.25, -0.2) is 0 Å². The van der Waals surface area contributed by atoms with Crippen molar-refractivity contribution >= 4 is 5.91 Å². The molecule has 0 heterocycles. The molecule has 19 heavy (non-hydrogen) atoms. The van der Waals surface area contributed by atoms with Gasteiger partial charge in [0.05, 0.1) is 0 Å². The van der Waals surface area contributed by atoms with Crippen LogP contribution in [0.5, 0.6) is 0 Å². The molecule has 3 heteroatoms. The average molecular weight is 260 g/mol. The highest BCUT2D eigenvalue weighted by Gasteiger charge is 2.29. The van der Waals surface area contributed by atoms with Gasteiger partial charge in [0.25, 0.3) is 0 Å². The Morgan fingerprint density at radius 1 is 1.21 bits per heavy atom. The van der Waals surface area contributed by atoms with Gasteiger partial charge < -0.3 is 11.1 Å². The third kappa shape index (κ3) is 4.35. The molecule has 3 N–H and O–H groups in total. The minimum Gasteiger partial charge on any atom is -0.352 e. The van der Waals surface area contributed by atoms with Crippen molar-refractivity contribution in [3.63, 3.8) is 0 Å². The highest BCUT2D eigenvalue weighted by Crippen LogP contribution is 2.28. The fourth-order valence-electron chi connectivity index (χ4n) is 2.72. The summed E-state index contributed by atoms with van der Waals surface area (Å²) in [7, 11) is 0. The number of aryl methyl sites for hydroxylation is 1. The number of hydrogen-bond acceptors (Lipinski definition) is 2. The Hall–Kier alpha value is -1.35. The second-order valence-electron chi connectivity index (χ2n) is 5.86. The zero-order chi connectivity index (χ0) is 13.7. The van der Waals surface area contributed by atoms with Gasteiger partial charge in [-0.2, -0.15) is 0 Å². The zero-order valence-electron chi connectivity index (χ0n) is 11.7. The van der Waals surface area contributed by atoms with Crippen LogP contribution in [0.2, 0.25) is 0 Å². The SMILES string of the molecule is Cc1ccc(CNC(=O)CC2(N)CCCCC2)cc1. The topological polar surface area (TPSA) is 55.1 Å². The molecule has 1 aromatic rings. The smallest absolute Gasteiger partial charge is 0.222 e. The van der Waals surface area contributed by atoms with Crippen LogP contribution in [0.15, 0.2) is 24.3 Å². The van der Waals surface area contributed by atoms with E-state index >= 15 is 0 Å². The third-order valence-corrected chi connectivity index (χ3v) is 3.97. The van der Waals surface area contributed by atoms with Gasteiger partial charge in [-0.15, -0.1) is 0 Å². The monoisotopic (exact) mass is 260 g/mol. The molecule has 0 aliphatic heterocycles. The Morgan fingerprint density at radius 3 is 2.47 bits per heavy atom. The lowest BCUT2D eigenvalue weighted by molar-refractivity contribution is -0.122. The lowest BCUT2D eigenvalue weighted by Crippen LogP contribution is -2.45. The van der Waals surface area contributed by atoms with Crippen molar-refractivity contribution in [3.05, 3.63) is 35.4 Å². The quantitative estimate of drug-likeness (QED) is 0.874. The molecule has 1 aromatic carbocycles. The Labute approximate surface area is 115 Å². The first kappa shape index (κ1) is 14.1. The van der Waals surface area contributed by atoms with Crippen LogP contribution >= 0.6 is 0 Å². The van der Waals surface area contributed by atoms with Crippen molar-refractivity contribution in [1.29, 1.82) is 0 Å². The summed E-state index contributed by atoms with van der Waals surface area (Å²) < 4.78 is 0. The van der Waals surface area contributed by atoms with Gasteiger partial charge in [0.1, 0.15) is 0 Å². The molecule has 0 aromatic heterocycles. The largest absolute Gasteiger partial charge is 0.352 e. The molecule has 0 atom stereocenters. The Morgan fingerprint density at radius 2 is 1.84 bits per heavy atom. The fourth-order valence-corrected chi connectivity index (χ4v) is 2.72. The van der Waals surface area contributed by atoms with Gasteiger partial charge in [0.15, 0.2) is 0 Å². The van der Waals surface area contributed by atoms with Crippen LogP contribution in [0.1, 0.15) is 49.7 Å². The van der Waals surface area contributed by atoms with E-state index in [4.69, 9.17) is 5.73 Å². The van der Waals surface area contributed by atoms with Gasteiger partial charge in [-0.05, 0) is 25.3 Å².